The number of imide groups is 1. The molecule has 1 aliphatic heterocycles. The maximum absolute atomic E-state index is 11.8. The molecule has 2 heterocycles. The molecule has 1 aliphatic rings. The van der Waals surface area contributed by atoms with E-state index in [0.29, 0.717) is 18.8 Å². The van der Waals surface area contributed by atoms with Gasteiger partial charge < -0.3 is 10.6 Å². The van der Waals surface area contributed by atoms with Crippen molar-refractivity contribution in [3.8, 4) is 11.3 Å². The average molecular weight is 339 g/mol. The summed E-state index contributed by atoms with van der Waals surface area (Å²) < 4.78 is 0. The van der Waals surface area contributed by atoms with E-state index in [1.54, 1.807) is 6.20 Å². The quantitative estimate of drug-likeness (QED) is 0.659. The molecule has 8 nitrogen and oxygen atoms in total. The number of carbonyl (C=O) groups excluding carboxylic acids is 3. The van der Waals surface area contributed by atoms with Gasteiger partial charge in [0.25, 0.3) is 5.91 Å². The van der Waals surface area contributed by atoms with Gasteiger partial charge in [-0.3, -0.25) is 14.9 Å². The Morgan fingerprint density at radius 2 is 1.96 bits per heavy atom. The third kappa shape index (κ3) is 4.37. The fourth-order valence-electron chi connectivity index (χ4n) is 2.46. The Kier molecular flexibility index (Phi) is 4.98. The zero-order chi connectivity index (χ0) is 17.6. The molecule has 1 unspecified atom stereocenters. The minimum atomic E-state index is -0.815. The van der Waals surface area contributed by atoms with Crippen LogP contribution < -0.4 is 16.0 Å². The van der Waals surface area contributed by atoms with Crippen molar-refractivity contribution in [1.82, 2.24) is 25.9 Å². The van der Waals surface area contributed by atoms with Crippen LogP contribution in [0.2, 0.25) is 0 Å². The summed E-state index contributed by atoms with van der Waals surface area (Å²) in [4.78, 5) is 42.9. The lowest BCUT2D eigenvalue weighted by atomic mass is 10.1. The second-order valence-electron chi connectivity index (χ2n) is 5.54. The predicted octanol–water partition coefficient (Wildman–Crippen LogP) is 0.400. The number of hydrogen-bond acceptors (Lipinski definition) is 5. The van der Waals surface area contributed by atoms with E-state index in [9.17, 15) is 14.4 Å². The van der Waals surface area contributed by atoms with Gasteiger partial charge in [0.05, 0.1) is 12.1 Å². The summed E-state index contributed by atoms with van der Waals surface area (Å²) in [5.41, 5.74) is 1.82. The number of nitrogens with one attached hydrogen (secondary N) is 3. The minimum Gasteiger partial charge on any atom is -0.356 e. The highest BCUT2D eigenvalue weighted by atomic mass is 16.2. The first kappa shape index (κ1) is 16.6. The third-order valence-electron chi connectivity index (χ3n) is 3.69. The monoisotopic (exact) mass is 339 g/mol. The van der Waals surface area contributed by atoms with Crippen LogP contribution in [0.5, 0.6) is 0 Å². The van der Waals surface area contributed by atoms with Gasteiger partial charge in [0, 0.05) is 24.7 Å². The SMILES string of the molecule is O=C(CC1NC(=O)NC1=O)NCCc1nccc(-c2ccccc2)n1. The van der Waals surface area contributed by atoms with E-state index in [1.165, 1.54) is 0 Å². The van der Waals surface area contributed by atoms with E-state index < -0.39 is 18.0 Å². The van der Waals surface area contributed by atoms with Gasteiger partial charge in [0.15, 0.2) is 0 Å². The van der Waals surface area contributed by atoms with Gasteiger partial charge in [-0.05, 0) is 6.07 Å². The van der Waals surface area contributed by atoms with Crippen LogP contribution in [-0.4, -0.2) is 40.4 Å². The molecule has 1 atom stereocenters. The van der Waals surface area contributed by atoms with Crippen LogP contribution in [0.1, 0.15) is 12.2 Å². The summed E-state index contributed by atoms with van der Waals surface area (Å²) >= 11 is 0. The number of urea groups is 1. The third-order valence-corrected chi connectivity index (χ3v) is 3.69. The van der Waals surface area contributed by atoms with Gasteiger partial charge in [-0.1, -0.05) is 30.3 Å². The highest BCUT2D eigenvalue weighted by Crippen LogP contribution is 2.15. The zero-order valence-corrected chi connectivity index (χ0v) is 13.4. The molecule has 2 aromatic rings. The fraction of sp³-hybridized carbons (Fsp3) is 0.235. The van der Waals surface area contributed by atoms with Crippen molar-refractivity contribution in [3.63, 3.8) is 0 Å². The molecule has 4 amide bonds. The Morgan fingerprint density at radius 3 is 2.68 bits per heavy atom. The molecule has 0 saturated carbocycles. The average Bonchev–Trinajstić information content (AvgIpc) is 2.93. The molecule has 3 N–H and O–H groups in total. The lowest BCUT2D eigenvalue weighted by Crippen LogP contribution is -2.36. The molecule has 1 aromatic heterocycles. The predicted molar refractivity (Wildman–Crippen MR) is 89.3 cm³/mol. The lowest BCUT2D eigenvalue weighted by molar-refractivity contribution is -0.126. The summed E-state index contributed by atoms with van der Waals surface area (Å²) in [5.74, 6) is -0.186. The Bertz CT molecular complexity index is 794. The van der Waals surface area contributed by atoms with E-state index in [0.717, 1.165) is 11.3 Å². The van der Waals surface area contributed by atoms with E-state index in [-0.39, 0.29) is 12.3 Å². The van der Waals surface area contributed by atoms with Crippen LogP contribution in [0.15, 0.2) is 42.6 Å². The van der Waals surface area contributed by atoms with Crippen molar-refractivity contribution in [2.75, 3.05) is 6.54 Å². The molecular formula is C17H17N5O3. The van der Waals surface area contributed by atoms with Crippen LogP contribution in [0.4, 0.5) is 4.79 Å². The molecule has 1 aromatic carbocycles. The van der Waals surface area contributed by atoms with Crippen LogP contribution in [0.3, 0.4) is 0 Å². The number of rotatable bonds is 6. The molecule has 8 heteroatoms. The van der Waals surface area contributed by atoms with Gasteiger partial charge in [0.1, 0.15) is 11.9 Å². The minimum absolute atomic E-state index is 0.0948. The van der Waals surface area contributed by atoms with Gasteiger partial charge in [0.2, 0.25) is 5.91 Å². The summed E-state index contributed by atoms with van der Waals surface area (Å²) in [6.07, 6.45) is 2.06. The normalized spacial score (nSPS) is 16.2. The molecule has 25 heavy (non-hydrogen) atoms. The van der Waals surface area contributed by atoms with Crippen molar-refractivity contribution < 1.29 is 14.4 Å². The first-order chi connectivity index (χ1) is 12.1. The summed E-state index contributed by atoms with van der Waals surface area (Å²) in [6, 6.07) is 10.2. The molecule has 0 bridgehead atoms. The highest BCUT2D eigenvalue weighted by Gasteiger charge is 2.31. The number of nitrogens with zero attached hydrogens (tertiary/aromatic N) is 2. The lowest BCUT2D eigenvalue weighted by Gasteiger charge is -2.08. The molecule has 0 radical (unpaired) electrons. The van der Waals surface area contributed by atoms with Crippen LogP contribution in [-0.2, 0) is 16.0 Å². The Labute approximate surface area is 144 Å². The standard InChI is InChI=1S/C17H17N5O3/c23-15(10-13-16(24)22-17(25)21-13)19-9-7-14-18-8-6-12(20-14)11-4-2-1-3-5-11/h1-6,8,13H,7,9-10H2,(H,19,23)(H2,21,22,24,25). The van der Waals surface area contributed by atoms with E-state index in [4.69, 9.17) is 0 Å². The largest absolute Gasteiger partial charge is 0.356 e. The maximum atomic E-state index is 11.8. The van der Waals surface area contributed by atoms with Crippen molar-refractivity contribution in [3.05, 3.63) is 48.4 Å². The molecule has 1 fully saturated rings. The van der Waals surface area contributed by atoms with Crippen LogP contribution >= 0.6 is 0 Å². The molecular weight excluding hydrogens is 322 g/mol. The molecule has 0 aliphatic carbocycles. The number of amides is 4. The van der Waals surface area contributed by atoms with Gasteiger partial charge in [-0.25, -0.2) is 14.8 Å². The number of benzene rings is 1. The van der Waals surface area contributed by atoms with Gasteiger partial charge >= 0.3 is 6.03 Å². The summed E-state index contributed by atoms with van der Waals surface area (Å²) in [7, 11) is 0. The maximum Gasteiger partial charge on any atom is 0.322 e. The second kappa shape index (κ2) is 7.52. The van der Waals surface area contributed by atoms with E-state index in [1.807, 2.05) is 36.4 Å². The van der Waals surface area contributed by atoms with Gasteiger partial charge in [-0.2, -0.15) is 0 Å². The van der Waals surface area contributed by atoms with Crippen LogP contribution in [0.25, 0.3) is 11.3 Å². The Balaban J connectivity index is 1.50. The first-order valence-corrected chi connectivity index (χ1v) is 7.87. The Hall–Kier alpha value is -3.29. The highest BCUT2D eigenvalue weighted by molar-refractivity contribution is 6.05. The van der Waals surface area contributed by atoms with Crippen molar-refractivity contribution >= 4 is 17.8 Å². The van der Waals surface area contributed by atoms with Crippen molar-refractivity contribution in [2.45, 2.75) is 18.9 Å². The first-order valence-electron chi connectivity index (χ1n) is 7.87. The zero-order valence-electron chi connectivity index (χ0n) is 13.4. The topological polar surface area (TPSA) is 113 Å². The number of hydrogen-bond donors (Lipinski definition) is 3. The second-order valence-corrected chi connectivity index (χ2v) is 5.54. The van der Waals surface area contributed by atoms with Crippen molar-refractivity contribution in [2.24, 2.45) is 0 Å². The Morgan fingerprint density at radius 1 is 1.16 bits per heavy atom. The van der Waals surface area contributed by atoms with E-state index >= 15 is 0 Å². The van der Waals surface area contributed by atoms with Crippen molar-refractivity contribution in [1.29, 1.82) is 0 Å². The van der Waals surface area contributed by atoms with Gasteiger partial charge in [-0.15, -0.1) is 0 Å². The summed E-state index contributed by atoms with van der Waals surface area (Å²) in [5, 5.41) is 7.17. The smallest absolute Gasteiger partial charge is 0.322 e. The number of carbonyl (C=O) groups is 3. The molecule has 1 saturated heterocycles. The number of aromatic nitrogens is 2. The van der Waals surface area contributed by atoms with Crippen LogP contribution in [0, 0.1) is 0 Å². The fourth-order valence-corrected chi connectivity index (χ4v) is 2.46. The molecule has 3 rings (SSSR count). The molecule has 128 valence electrons. The summed E-state index contributed by atoms with van der Waals surface area (Å²) in [6.45, 7) is 0.347. The molecule has 0 spiro atoms. The van der Waals surface area contributed by atoms with E-state index in [2.05, 4.69) is 25.9 Å².